The van der Waals surface area contributed by atoms with Crippen LogP contribution < -0.4 is 10.5 Å². The van der Waals surface area contributed by atoms with Crippen LogP contribution in [0, 0.1) is 12.7 Å². The molecule has 2 aromatic carbocycles. The lowest BCUT2D eigenvalue weighted by atomic mass is 10.1. The summed E-state index contributed by atoms with van der Waals surface area (Å²) in [5, 5.41) is 0.647. The molecule has 0 aliphatic heterocycles. The molecule has 20 heavy (non-hydrogen) atoms. The van der Waals surface area contributed by atoms with Crippen LogP contribution in [0.25, 0.3) is 0 Å². The van der Waals surface area contributed by atoms with Crippen molar-refractivity contribution in [2.45, 2.75) is 26.5 Å². The predicted octanol–water partition coefficient (Wildman–Crippen LogP) is 4.39. The van der Waals surface area contributed by atoms with Crippen molar-refractivity contribution in [2.75, 3.05) is 0 Å². The summed E-state index contributed by atoms with van der Waals surface area (Å²) >= 11 is 6.08. The number of rotatable bonds is 4. The van der Waals surface area contributed by atoms with Crippen molar-refractivity contribution in [3.05, 3.63) is 63.9 Å². The lowest BCUT2D eigenvalue weighted by Crippen LogP contribution is -2.09. The Bertz CT molecular complexity index is 613. The second kappa shape index (κ2) is 6.25. The molecule has 2 aromatic rings. The molecule has 0 amide bonds. The topological polar surface area (TPSA) is 35.2 Å². The van der Waals surface area contributed by atoms with E-state index in [2.05, 4.69) is 0 Å². The maximum atomic E-state index is 13.6. The van der Waals surface area contributed by atoms with Crippen LogP contribution in [0.2, 0.25) is 5.02 Å². The molecule has 106 valence electrons. The fraction of sp³-hybridized carbons (Fsp3) is 0.250. The molecule has 0 unspecified atom stereocenters. The first-order valence-electron chi connectivity index (χ1n) is 6.41. The number of aryl methyl sites for hydroxylation is 1. The van der Waals surface area contributed by atoms with Crippen molar-refractivity contribution in [1.82, 2.24) is 0 Å². The molecule has 4 heteroatoms. The van der Waals surface area contributed by atoms with Crippen LogP contribution >= 0.6 is 11.6 Å². The first-order chi connectivity index (χ1) is 9.49. The van der Waals surface area contributed by atoms with Crippen molar-refractivity contribution in [3.63, 3.8) is 0 Å². The number of halogens is 2. The minimum atomic E-state index is -0.300. The van der Waals surface area contributed by atoms with E-state index in [0.29, 0.717) is 28.5 Å². The van der Waals surface area contributed by atoms with Gasteiger partial charge in [0.05, 0.1) is 0 Å². The Morgan fingerprint density at radius 2 is 2.00 bits per heavy atom. The first-order valence-corrected chi connectivity index (χ1v) is 6.78. The Kier molecular flexibility index (Phi) is 4.63. The van der Waals surface area contributed by atoms with Crippen LogP contribution in [0.3, 0.4) is 0 Å². The smallest absolute Gasteiger partial charge is 0.126 e. The van der Waals surface area contributed by atoms with Gasteiger partial charge in [0.2, 0.25) is 0 Å². The third-order valence-corrected chi connectivity index (χ3v) is 3.49. The van der Waals surface area contributed by atoms with E-state index in [1.54, 1.807) is 19.9 Å². The van der Waals surface area contributed by atoms with Crippen LogP contribution in [-0.2, 0) is 6.61 Å². The molecule has 0 fully saturated rings. The van der Waals surface area contributed by atoms with E-state index in [9.17, 15) is 4.39 Å². The fourth-order valence-corrected chi connectivity index (χ4v) is 2.11. The Hall–Kier alpha value is -1.58. The molecule has 0 saturated heterocycles. The van der Waals surface area contributed by atoms with E-state index < -0.39 is 0 Å². The fourth-order valence-electron chi connectivity index (χ4n) is 1.92. The molecule has 0 aliphatic rings. The zero-order valence-electron chi connectivity index (χ0n) is 11.5. The summed E-state index contributed by atoms with van der Waals surface area (Å²) in [5.41, 5.74) is 7.92. The summed E-state index contributed by atoms with van der Waals surface area (Å²) in [6, 6.07) is 10.3. The minimum Gasteiger partial charge on any atom is -0.488 e. The Morgan fingerprint density at radius 3 is 2.65 bits per heavy atom. The number of hydrogen-bond donors (Lipinski definition) is 1. The second-order valence-corrected chi connectivity index (χ2v) is 5.22. The van der Waals surface area contributed by atoms with Gasteiger partial charge in [-0.05, 0) is 37.6 Å². The summed E-state index contributed by atoms with van der Waals surface area (Å²) < 4.78 is 19.4. The maximum Gasteiger partial charge on any atom is 0.126 e. The van der Waals surface area contributed by atoms with Gasteiger partial charge in [-0.3, -0.25) is 0 Å². The average Bonchev–Trinajstić information content (AvgIpc) is 2.41. The van der Waals surface area contributed by atoms with E-state index in [4.69, 9.17) is 22.1 Å². The predicted molar refractivity (Wildman–Crippen MR) is 79.5 cm³/mol. The lowest BCUT2D eigenvalue weighted by Gasteiger charge is -2.16. The van der Waals surface area contributed by atoms with Gasteiger partial charge in [-0.1, -0.05) is 29.8 Å². The molecule has 0 radical (unpaired) electrons. The van der Waals surface area contributed by atoms with Crippen LogP contribution in [0.4, 0.5) is 4.39 Å². The lowest BCUT2D eigenvalue weighted by molar-refractivity contribution is 0.300. The zero-order valence-corrected chi connectivity index (χ0v) is 12.2. The van der Waals surface area contributed by atoms with Gasteiger partial charge >= 0.3 is 0 Å². The number of nitrogens with two attached hydrogens (primary N) is 1. The summed E-state index contributed by atoms with van der Waals surface area (Å²) in [4.78, 5) is 0. The Labute approximate surface area is 123 Å². The zero-order chi connectivity index (χ0) is 14.7. The van der Waals surface area contributed by atoms with Gasteiger partial charge in [-0.15, -0.1) is 0 Å². The van der Waals surface area contributed by atoms with E-state index in [-0.39, 0.29) is 11.9 Å². The maximum absolute atomic E-state index is 13.6. The Morgan fingerprint density at radius 1 is 1.30 bits per heavy atom. The molecule has 0 saturated carbocycles. The summed E-state index contributed by atoms with van der Waals surface area (Å²) in [6.45, 7) is 3.82. The van der Waals surface area contributed by atoms with Gasteiger partial charge in [-0.2, -0.15) is 0 Å². The summed E-state index contributed by atoms with van der Waals surface area (Å²) in [7, 11) is 0. The quantitative estimate of drug-likeness (QED) is 0.907. The van der Waals surface area contributed by atoms with Gasteiger partial charge < -0.3 is 10.5 Å². The van der Waals surface area contributed by atoms with Crippen LogP contribution in [-0.4, -0.2) is 0 Å². The van der Waals surface area contributed by atoms with Crippen molar-refractivity contribution in [3.8, 4) is 5.75 Å². The van der Waals surface area contributed by atoms with E-state index in [1.807, 2.05) is 24.3 Å². The monoisotopic (exact) mass is 293 g/mol. The molecule has 1 atom stereocenters. The van der Waals surface area contributed by atoms with Gasteiger partial charge in [-0.25, -0.2) is 4.39 Å². The minimum absolute atomic E-state index is 0.276. The number of ether oxygens (including phenoxy) is 1. The molecule has 0 aliphatic carbocycles. The molecule has 0 bridgehead atoms. The van der Waals surface area contributed by atoms with E-state index in [0.717, 1.165) is 5.56 Å². The summed E-state index contributed by atoms with van der Waals surface area (Å²) in [6.07, 6.45) is 0. The molecule has 0 spiro atoms. The number of benzene rings is 2. The van der Waals surface area contributed by atoms with Crippen LogP contribution in [0.5, 0.6) is 5.75 Å². The first kappa shape index (κ1) is 14.8. The van der Waals surface area contributed by atoms with E-state index in [1.165, 1.54) is 6.07 Å². The van der Waals surface area contributed by atoms with Gasteiger partial charge in [0, 0.05) is 22.2 Å². The van der Waals surface area contributed by atoms with Crippen molar-refractivity contribution in [2.24, 2.45) is 5.73 Å². The van der Waals surface area contributed by atoms with Crippen molar-refractivity contribution >= 4 is 11.6 Å². The SMILES string of the molecule is Cc1cc(OCc2ccccc2Cl)c([C@@H](C)N)cc1F. The molecule has 2 nitrogen and oxygen atoms in total. The van der Waals surface area contributed by atoms with Crippen LogP contribution in [0.1, 0.15) is 29.7 Å². The average molecular weight is 294 g/mol. The summed E-state index contributed by atoms with van der Waals surface area (Å²) in [5.74, 6) is 0.321. The van der Waals surface area contributed by atoms with Gasteiger partial charge in [0.1, 0.15) is 18.2 Å². The largest absolute Gasteiger partial charge is 0.488 e. The molecule has 2 rings (SSSR count). The normalized spacial score (nSPS) is 12.2. The molecule has 2 N–H and O–H groups in total. The standard InChI is InChI=1S/C16H17ClFNO/c1-10-7-16(13(11(2)19)8-15(10)18)20-9-12-5-3-4-6-14(12)17/h3-8,11H,9,19H2,1-2H3/t11-/m1/s1. The highest BCUT2D eigenvalue weighted by atomic mass is 35.5. The molecular weight excluding hydrogens is 277 g/mol. The highest BCUT2D eigenvalue weighted by molar-refractivity contribution is 6.31. The third-order valence-electron chi connectivity index (χ3n) is 3.12. The third kappa shape index (κ3) is 3.30. The van der Waals surface area contributed by atoms with Crippen LogP contribution in [0.15, 0.2) is 36.4 Å². The molecule has 0 heterocycles. The highest BCUT2D eigenvalue weighted by Crippen LogP contribution is 2.28. The molecule has 0 aromatic heterocycles. The molecular formula is C16H17ClFNO. The highest BCUT2D eigenvalue weighted by Gasteiger charge is 2.12. The van der Waals surface area contributed by atoms with Gasteiger partial charge in [0.15, 0.2) is 0 Å². The number of hydrogen-bond acceptors (Lipinski definition) is 2. The Balaban J connectivity index is 2.25. The van der Waals surface area contributed by atoms with Gasteiger partial charge in [0.25, 0.3) is 0 Å². The van der Waals surface area contributed by atoms with E-state index >= 15 is 0 Å². The van der Waals surface area contributed by atoms with Crippen molar-refractivity contribution < 1.29 is 9.13 Å². The second-order valence-electron chi connectivity index (χ2n) is 4.81. The van der Waals surface area contributed by atoms with Crippen molar-refractivity contribution in [1.29, 1.82) is 0 Å².